The SMILES string of the molecule is CCCCCc1cc2sc(B3OC(C)(C)C(C)(C)O3)cc2s1. The van der Waals surface area contributed by atoms with Gasteiger partial charge in [-0.05, 0) is 52.7 Å². The van der Waals surface area contributed by atoms with Crippen molar-refractivity contribution in [2.24, 2.45) is 0 Å². The number of hydrogen-bond acceptors (Lipinski definition) is 4. The van der Waals surface area contributed by atoms with Gasteiger partial charge in [-0.2, -0.15) is 0 Å². The van der Waals surface area contributed by atoms with Crippen LogP contribution in [0.15, 0.2) is 12.1 Å². The van der Waals surface area contributed by atoms with Crippen LogP contribution in [0.4, 0.5) is 0 Å². The lowest BCUT2D eigenvalue weighted by atomic mass is 9.88. The summed E-state index contributed by atoms with van der Waals surface area (Å²) in [4.78, 5) is 1.51. The Morgan fingerprint density at radius 2 is 1.59 bits per heavy atom. The fourth-order valence-corrected chi connectivity index (χ4v) is 5.09. The molecule has 0 aliphatic carbocycles. The topological polar surface area (TPSA) is 18.5 Å². The van der Waals surface area contributed by atoms with E-state index in [1.807, 2.05) is 22.7 Å². The summed E-state index contributed by atoms with van der Waals surface area (Å²) in [6.07, 6.45) is 5.12. The van der Waals surface area contributed by atoms with E-state index in [-0.39, 0.29) is 18.3 Å². The second-order valence-electron chi connectivity index (χ2n) is 7.14. The number of aryl methyl sites for hydroxylation is 1. The van der Waals surface area contributed by atoms with Crippen molar-refractivity contribution in [3.8, 4) is 0 Å². The van der Waals surface area contributed by atoms with Gasteiger partial charge in [-0.1, -0.05) is 19.8 Å². The second-order valence-corrected chi connectivity index (χ2v) is 9.42. The van der Waals surface area contributed by atoms with E-state index >= 15 is 0 Å². The fourth-order valence-electron chi connectivity index (χ4n) is 2.65. The highest BCUT2D eigenvalue weighted by Gasteiger charge is 2.52. The normalized spacial score (nSPS) is 20.1. The van der Waals surface area contributed by atoms with Crippen LogP contribution in [0, 0.1) is 0 Å². The van der Waals surface area contributed by atoms with Crippen molar-refractivity contribution in [3.05, 3.63) is 17.0 Å². The summed E-state index contributed by atoms with van der Waals surface area (Å²) in [6, 6.07) is 4.62. The van der Waals surface area contributed by atoms with Gasteiger partial charge in [-0.25, -0.2) is 0 Å². The van der Waals surface area contributed by atoms with Gasteiger partial charge in [0, 0.05) is 19.1 Å². The van der Waals surface area contributed by atoms with Gasteiger partial charge in [0.2, 0.25) is 0 Å². The van der Waals surface area contributed by atoms with Gasteiger partial charge in [0.05, 0.1) is 11.2 Å². The molecule has 0 spiro atoms. The number of fused-ring (bicyclic) bond motifs is 1. The van der Waals surface area contributed by atoms with Crippen molar-refractivity contribution >= 4 is 44.0 Å². The average Bonchev–Trinajstić information content (AvgIpc) is 3.00. The summed E-state index contributed by atoms with van der Waals surface area (Å²) in [5.41, 5.74) is -0.527. The van der Waals surface area contributed by atoms with Crippen LogP contribution in [-0.2, 0) is 15.7 Å². The van der Waals surface area contributed by atoms with Crippen LogP contribution in [0.1, 0.15) is 58.8 Å². The van der Waals surface area contributed by atoms with Crippen molar-refractivity contribution in [2.45, 2.75) is 71.5 Å². The zero-order valence-electron chi connectivity index (χ0n) is 14.2. The Morgan fingerprint density at radius 1 is 0.955 bits per heavy atom. The molecule has 22 heavy (non-hydrogen) atoms. The van der Waals surface area contributed by atoms with E-state index < -0.39 is 0 Å². The van der Waals surface area contributed by atoms with Crippen molar-refractivity contribution in [3.63, 3.8) is 0 Å². The highest BCUT2D eigenvalue weighted by molar-refractivity contribution is 7.33. The lowest BCUT2D eigenvalue weighted by Crippen LogP contribution is -2.41. The summed E-state index contributed by atoms with van der Waals surface area (Å²) < 4.78 is 16.2. The minimum Gasteiger partial charge on any atom is -0.399 e. The quantitative estimate of drug-likeness (QED) is 0.565. The average molecular weight is 336 g/mol. The highest BCUT2D eigenvalue weighted by Crippen LogP contribution is 2.38. The molecule has 0 radical (unpaired) electrons. The summed E-state index contributed by atoms with van der Waals surface area (Å²) in [5.74, 6) is 0. The van der Waals surface area contributed by atoms with Crippen molar-refractivity contribution in [1.82, 2.24) is 0 Å². The first kappa shape index (κ1) is 16.5. The van der Waals surface area contributed by atoms with E-state index in [1.54, 1.807) is 0 Å². The number of hydrogen-bond donors (Lipinski definition) is 0. The molecule has 3 rings (SSSR count). The number of unbranched alkanes of at least 4 members (excludes halogenated alkanes) is 2. The van der Waals surface area contributed by atoms with Gasteiger partial charge < -0.3 is 9.31 Å². The molecule has 0 unspecified atom stereocenters. The molecular weight excluding hydrogens is 311 g/mol. The molecular formula is C17H25BO2S2. The van der Waals surface area contributed by atoms with Crippen LogP contribution in [-0.4, -0.2) is 18.3 Å². The molecule has 1 aliphatic heterocycles. The van der Waals surface area contributed by atoms with Crippen LogP contribution in [0.5, 0.6) is 0 Å². The lowest BCUT2D eigenvalue weighted by Gasteiger charge is -2.32. The molecule has 0 N–H and O–H groups in total. The molecule has 0 saturated carbocycles. The van der Waals surface area contributed by atoms with Gasteiger partial charge in [-0.3, -0.25) is 0 Å². The number of rotatable bonds is 5. The molecule has 3 heterocycles. The van der Waals surface area contributed by atoms with E-state index in [2.05, 4.69) is 46.8 Å². The molecule has 0 amide bonds. The minimum absolute atomic E-state index is 0.224. The van der Waals surface area contributed by atoms with Crippen LogP contribution >= 0.6 is 22.7 Å². The van der Waals surface area contributed by atoms with Gasteiger partial charge >= 0.3 is 7.12 Å². The first-order valence-corrected chi connectivity index (χ1v) is 9.83. The molecule has 2 aromatic heterocycles. The standard InChI is InChI=1S/C17H25BO2S2/c1-6-7-8-9-12-10-13-14(21-12)11-15(22-13)18-19-16(2,3)17(4,5)20-18/h10-11H,6-9H2,1-5H3. The van der Waals surface area contributed by atoms with Gasteiger partial charge in [0.25, 0.3) is 0 Å². The first-order valence-electron chi connectivity index (χ1n) is 8.20. The molecule has 0 atom stereocenters. The Hall–Kier alpha value is -0.355. The largest absolute Gasteiger partial charge is 0.505 e. The van der Waals surface area contributed by atoms with E-state index in [0.717, 1.165) is 0 Å². The summed E-state index contributed by atoms with van der Waals surface area (Å²) in [6.45, 7) is 10.7. The Labute approximate surface area is 142 Å². The molecule has 1 fully saturated rings. The summed E-state index contributed by atoms with van der Waals surface area (Å²) >= 11 is 3.74. The molecule has 120 valence electrons. The Bertz CT molecular complexity index is 609. The van der Waals surface area contributed by atoms with Crippen molar-refractivity contribution in [1.29, 1.82) is 0 Å². The van der Waals surface area contributed by atoms with Gasteiger partial charge in [0.1, 0.15) is 0 Å². The van der Waals surface area contributed by atoms with Gasteiger partial charge in [-0.15, -0.1) is 22.7 Å². The van der Waals surface area contributed by atoms with Crippen LogP contribution < -0.4 is 4.78 Å². The smallest absolute Gasteiger partial charge is 0.399 e. The molecule has 2 aromatic rings. The fraction of sp³-hybridized carbons (Fsp3) is 0.647. The lowest BCUT2D eigenvalue weighted by molar-refractivity contribution is 0.00578. The molecule has 0 aromatic carbocycles. The molecule has 1 saturated heterocycles. The third kappa shape index (κ3) is 3.01. The van der Waals surface area contributed by atoms with E-state index in [0.29, 0.717) is 0 Å². The van der Waals surface area contributed by atoms with E-state index in [4.69, 9.17) is 9.31 Å². The maximum atomic E-state index is 6.15. The second kappa shape index (κ2) is 5.93. The van der Waals surface area contributed by atoms with E-state index in [9.17, 15) is 0 Å². The Morgan fingerprint density at radius 3 is 2.18 bits per heavy atom. The minimum atomic E-state index is -0.263. The predicted molar refractivity (Wildman–Crippen MR) is 98.6 cm³/mol. The maximum absolute atomic E-state index is 6.15. The monoisotopic (exact) mass is 336 g/mol. The Kier molecular flexibility index (Phi) is 4.45. The van der Waals surface area contributed by atoms with Crippen molar-refractivity contribution < 1.29 is 9.31 Å². The molecule has 1 aliphatic rings. The van der Waals surface area contributed by atoms with Crippen molar-refractivity contribution in [2.75, 3.05) is 0 Å². The third-order valence-electron chi connectivity index (χ3n) is 4.79. The van der Waals surface area contributed by atoms with Crippen LogP contribution in [0.2, 0.25) is 0 Å². The van der Waals surface area contributed by atoms with E-state index in [1.165, 1.54) is 44.7 Å². The Balaban J connectivity index is 1.75. The molecule has 0 bridgehead atoms. The number of thiophene rings is 2. The third-order valence-corrected chi connectivity index (χ3v) is 7.16. The van der Waals surface area contributed by atoms with Gasteiger partial charge in [0.15, 0.2) is 0 Å². The molecule has 2 nitrogen and oxygen atoms in total. The predicted octanol–water partition coefficient (Wildman–Crippen LogP) is 4.99. The highest BCUT2D eigenvalue weighted by atomic mass is 32.1. The zero-order valence-corrected chi connectivity index (χ0v) is 15.8. The zero-order chi connectivity index (χ0) is 16.0. The molecule has 5 heteroatoms. The summed E-state index contributed by atoms with van der Waals surface area (Å²) in [7, 11) is -0.224. The van der Waals surface area contributed by atoms with Crippen LogP contribution in [0.25, 0.3) is 9.40 Å². The first-order chi connectivity index (χ1) is 10.3. The van der Waals surface area contributed by atoms with Crippen LogP contribution in [0.3, 0.4) is 0 Å². The maximum Gasteiger partial charge on any atom is 0.505 e. The summed E-state index contributed by atoms with van der Waals surface area (Å²) in [5, 5.41) is 0.